The van der Waals surface area contributed by atoms with Gasteiger partial charge >= 0.3 is 0 Å². The topological polar surface area (TPSA) is 69.6 Å². The van der Waals surface area contributed by atoms with Crippen molar-refractivity contribution in [1.29, 1.82) is 0 Å². The van der Waals surface area contributed by atoms with Crippen LogP contribution in [0, 0.1) is 0 Å². The zero-order valence-corrected chi connectivity index (χ0v) is 17.5. The molecule has 0 spiro atoms. The Bertz CT molecular complexity index is 310. The number of aliphatic hydroxyl groups is 2. The van der Waals surface area contributed by atoms with Crippen molar-refractivity contribution in [2.45, 2.75) is 129 Å². The first-order valence-corrected chi connectivity index (χ1v) is 11.2. The van der Waals surface area contributed by atoms with E-state index in [4.69, 9.17) is 0 Å². The van der Waals surface area contributed by atoms with Gasteiger partial charge in [-0.25, -0.2) is 0 Å². The molecule has 26 heavy (non-hydrogen) atoms. The van der Waals surface area contributed by atoms with E-state index in [1.165, 1.54) is 57.8 Å². The third-order valence-corrected chi connectivity index (χ3v) is 5.12. The van der Waals surface area contributed by atoms with Crippen molar-refractivity contribution in [2.75, 3.05) is 6.61 Å². The molecule has 1 amide bonds. The molecule has 0 aliphatic heterocycles. The lowest BCUT2D eigenvalue weighted by Crippen LogP contribution is -2.45. The third kappa shape index (κ3) is 15.6. The van der Waals surface area contributed by atoms with E-state index < -0.39 is 12.1 Å². The monoisotopic (exact) mass is 371 g/mol. The van der Waals surface area contributed by atoms with Crippen LogP contribution in [-0.2, 0) is 4.79 Å². The lowest BCUT2D eigenvalue weighted by molar-refractivity contribution is -0.123. The lowest BCUT2D eigenvalue weighted by Gasteiger charge is -2.22. The molecular formula is C22H45NO3. The van der Waals surface area contributed by atoms with Crippen LogP contribution in [0.25, 0.3) is 0 Å². The minimum atomic E-state index is -0.645. The molecule has 2 unspecified atom stereocenters. The number of carbonyl (C=O) groups excluding carboxylic acids is 1. The van der Waals surface area contributed by atoms with Crippen molar-refractivity contribution in [3.8, 4) is 0 Å². The Morgan fingerprint density at radius 1 is 0.769 bits per heavy atom. The van der Waals surface area contributed by atoms with Crippen molar-refractivity contribution in [1.82, 2.24) is 5.32 Å². The van der Waals surface area contributed by atoms with Gasteiger partial charge in [-0.15, -0.1) is 0 Å². The minimum Gasteiger partial charge on any atom is -0.394 e. The average Bonchev–Trinajstić information content (AvgIpc) is 2.64. The van der Waals surface area contributed by atoms with E-state index in [0.29, 0.717) is 12.8 Å². The molecule has 3 N–H and O–H groups in total. The molecule has 4 nitrogen and oxygen atoms in total. The van der Waals surface area contributed by atoms with E-state index in [1.807, 2.05) is 0 Å². The average molecular weight is 372 g/mol. The summed E-state index contributed by atoms with van der Waals surface area (Å²) in [6, 6.07) is -0.521. The van der Waals surface area contributed by atoms with Crippen molar-refractivity contribution >= 4 is 5.91 Å². The van der Waals surface area contributed by atoms with Crippen LogP contribution in [0.2, 0.25) is 0 Å². The van der Waals surface area contributed by atoms with Crippen LogP contribution in [0.1, 0.15) is 117 Å². The van der Waals surface area contributed by atoms with Gasteiger partial charge in [-0.05, 0) is 12.8 Å². The predicted molar refractivity (Wildman–Crippen MR) is 110 cm³/mol. The number of amides is 1. The van der Waals surface area contributed by atoms with Crippen LogP contribution in [0.15, 0.2) is 0 Å². The van der Waals surface area contributed by atoms with Crippen LogP contribution in [0.5, 0.6) is 0 Å². The highest BCUT2D eigenvalue weighted by molar-refractivity contribution is 5.76. The van der Waals surface area contributed by atoms with E-state index >= 15 is 0 Å². The Kier molecular flexibility index (Phi) is 18.7. The number of carbonyl (C=O) groups is 1. The summed E-state index contributed by atoms with van der Waals surface area (Å²) < 4.78 is 0. The summed E-state index contributed by atoms with van der Waals surface area (Å²) in [5.74, 6) is -0.0452. The zero-order valence-electron chi connectivity index (χ0n) is 17.5. The molecule has 0 fully saturated rings. The Morgan fingerprint density at radius 2 is 1.23 bits per heavy atom. The van der Waals surface area contributed by atoms with Gasteiger partial charge in [-0.2, -0.15) is 0 Å². The molecule has 0 heterocycles. The highest BCUT2D eigenvalue weighted by Crippen LogP contribution is 2.12. The molecule has 0 radical (unpaired) electrons. The first-order chi connectivity index (χ1) is 12.7. The van der Waals surface area contributed by atoms with Crippen molar-refractivity contribution in [3.05, 3.63) is 0 Å². The second-order valence-electron chi connectivity index (χ2n) is 7.71. The van der Waals surface area contributed by atoms with Crippen LogP contribution < -0.4 is 5.32 Å². The summed E-state index contributed by atoms with van der Waals surface area (Å²) in [6.07, 6.45) is 17.4. The molecule has 0 bridgehead atoms. The first-order valence-electron chi connectivity index (χ1n) is 11.2. The molecule has 0 saturated heterocycles. The number of nitrogens with one attached hydrogen (secondary N) is 1. The smallest absolute Gasteiger partial charge is 0.220 e. The van der Waals surface area contributed by atoms with Gasteiger partial charge in [0.15, 0.2) is 0 Å². The second kappa shape index (κ2) is 19.2. The lowest BCUT2D eigenvalue weighted by atomic mass is 10.0. The number of hydrogen-bond donors (Lipinski definition) is 3. The molecule has 2 atom stereocenters. The Hall–Kier alpha value is -0.610. The van der Waals surface area contributed by atoms with Gasteiger partial charge in [-0.1, -0.05) is 97.3 Å². The van der Waals surface area contributed by atoms with Gasteiger partial charge in [-0.3, -0.25) is 4.79 Å². The second-order valence-corrected chi connectivity index (χ2v) is 7.71. The molecule has 4 heteroatoms. The van der Waals surface area contributed by atoms with Crippen LogP contribution in [-0.4, -0.2) is 34.9 Å². The normalized spacial score (nSPS) is 13.5. The van der Waals surface area contributed by atoms with Gasteiger partial charge in [0.25, 0.3) is 0 Å². The standard InChI is InChI=1S/C22H45NO3/c1-3-5-7-9-10-11-12-13-14-16-18-22(26)23-20(19-24)21(25)17-15-8-6-4-2/h20-21,24-25H,3-19H2,1-2H3,(H,23,26). The first kappa shape index (κ1) is 25.4. The molecule has 0 aliphatic carbocycles. The third-order valence-electron chi connectivity index (χ3n) is 5.12. The van der Waals surface area contributed by atoms with Crippen molar-refractivity contribution in [2.24, 2.45) is 0 Å². The Labute approximate surface area is 162 Å². The summed E-state index contributed by atoms with van der Waals surface area (Å²) in [5, 5.41) is 22.3. The maximum atomic E-state index is 12.0. The Balaban J connectivity index is 3.62. The van der Waals surface area contributed by atoms with E-state index in [9.17, 15) is 15.0 Å². The number of rotatable bonds is 19. The van der Waals surface area contributed by atoms with E-state index in [0.717, 1.165) is 32.1 Å². The van der Waals surface area contributed by atoms with Crippen LogP contribution in [0.4, 0.5) is 0 Å². The number of hydrogen-bond acceptors (Lipinski definition) is 3. The van der Waals surface area contributed by atoms with E-state index in [2.05, 4.69) is 19.2 Å². The fourth-order valence-corrected chi connectivity index (χ4v) is 3.30. The molecule has 0 aromatic carbocycles. The summed E-state index contributed by atoms with van der Waals surface area (Å²) in [6.45, 7) is 4.20. The maximum Gasteiger partial charge on any atom is 0.220 e. The van der Waals surface area contributed by atoms with Gasteiger partial charge in [0.1, 0.15) is 0 Å². The quantitative estimate of drug-likeness (QED) is 0.276. The molecule has 0 aromatic rings. The highest BCUT2D eigenvalue weighted by Gasteiger charge is 2.19. The SMILES string of the molecule is CCCCCCCCCCCCC(=O)NC(CO)C(O)CCCCCC. The van der Waals surface area contributed by atoms with Gasteiger partial charge in [0.05, 0.1) is 18.8 Å². The van der Waals surface area contributed by atoms with Crippen molar-refractivity contribution < 1.29 is 15.0 Å². The summed E-state index contributed by atoms with van der Waals surface area (Å²) >= 11 is 0. The molecule has 0 aliphatic rings. The molecule has 156 valence electrons. The van der Waals surface area contributed by atoms with E-state index in [1.54, 1.807) is 0 Å². The van der Waals surface area contributed by atoms with Gasteiger partial charge in [0, 0.05) is 6.42 Å². The summed E-state index contributed by atoms with van der Waals surface area (Å²) in [4.78, 5) is 12.0. The summed E-state index contributed by atoms with van der Waals surface area (Å²) in [7, 11) is 0. The largest absolute Gasteiger partial charge is 0.394 e. The van der Waals surface area contributed by atoms with Gasteiger partial charge < -0.3 is 15.5 Å². The minimum absolute atomic E-state index is 0.0452. The molecule has 0 rings (SSSR count). The number of aliphatic hydroxyl groups excluding tert-OH is 2. The maximum absolute atomic E-state index is 12.0. The summed E-state index contributed by atoms with van der Waals surface area (Å²) in [5.41, 5.74) is 0. The number of unbranched alkanes of at least 4 members (excludes halogenated alkanes) is 12. The zero-order chi connectivity index (χ0) is 19.5. The molecular weight excluding hydrogens is 326 g/mol. The highest BCUT2D eigenvalue weighted by atomic mass is 16.3. The van der Waals surface area contributed by atoms with Crippen LogP contribution >= 0.6 is 0 Å². The van der Waals surface area contributed by atoms with Crippen LogP contribution in [0.3, 0.4) is 0 Å². The predicted octanol–water partition coefficient (Wildman–Crippen LogP) is 5.11. The molecule has 0 saturated carbocycles. The molecule has 0 aromatic heterocycles. The van der Waals surface area contributed by atoms with Crippen molar-refractivity contribution in [3.63, 3.8) is 0 Å². The Morgan fingerprint density at radius 3 is 1.73 bits per heavy atom. The fourth-order valence-electron chi connectivity index (χ4n) is 3.30. The fraction of sp³-hybridized carbons (Fsp3) is 0.955. The van der Waals surface area contributed by atoms with Gasteiger partial charge in [0.2, 0.25) is 5.91 Å². The van der Waals surface area contributed by atoms with E-state index in [-0.39, 0.29) is 12.5 Å².